The highest BCUT2D eigenvalue weighted by Crippen LogP contribution is 2.24. The third-order valence-corrected chi connectivity index (χ3v) is 2.98. The van der Waals surface area contributed by atoms with E-state index in [0.29, 0.717) is 23.7 Å². The maximum Gasteiger partial charge on any atom is 0.144 e. The van der Waals surface area contributed by atoms with E-state index < -0.39 is 0 Å². The molecule has 0 spiro atoms. The molecule has 0 radical (unpaired) electrons. The summed E-state index contributed by atoms with van der Waals surface area (Å²) >= 11 is 0. The van der Waals surface area contributed by atoms with Crippen LogP contribution < -0.4 is 16.2 Å². The van der Waals surface area contributed by atoms with E-state index in [0.717, 1.165) is 12.3 Å². The van der Waals surface area contributed by atoms with Crippen molar-refractivity contribution in [3.8, 4) is 5.75 Å². The predicted octanol–water partition coefficient (Wildman–Crippen LogP) is 3.06. The summed E-state index contributed by atoms with van der Waals surface area (Å²) in [6.45, 7) is 5.13. The molecule has 0 amide bonds. The molecule has 0 aliphatic carbocycles. The standard InChI is InChI=1S/C13H22N2O/c1-3-10(4-2)7-8-16-13-9-11(14)5-6-12(13)15/h5-6,9-10H,3-4,7-8,14-15H2,1-2H3. The molecule has 1 aromatic carbocycles. The van der Waals surface area contributed by atoms with Crippen molar-refractivity contribution in [2.45, 2.75) is 33.1 Å². The van der Waals surface area contributed by atoms with Gasteiger partial charge >= 0.3 is 0 Å². The maximum atomic E-state index is 5.79. The van der Waals surface area contributed by atoms with Crippen molar-refractivity contribution in [3.05, 3.63) is 18.2 Å². The fraction of sp³-hybridized carbons (Fsp3) is 0.538. The molecule has 16 heavy (non-hydrogen) atoms. The van der Waals surface area contributed by atoms with Crippen LogP contribution in [0.2, 0.25) is 0 Å². The molecular weight excluding hydrogens is 200 g/mol. The number of rotatable bonds is 6. The van der Waals surface area contributed by atoms with E-state index >= 15 is 0 Å². The molecule has 0 saturated carbocycles. The zero-order valence-electron chi connectivity index (χ0n) is 10.2. The average Bonchev–Trinajstić information content (AvgIpc) is 2.29. The number of hydrogen-bond acceptors (Lipinski definition) is 3. The minimum Gasteiger partial charge on any atom is -0.491 e. The Bertz CT molecular complexity index is 322. The Hall–Kier alpha value is -1.38. The molecule has 0 fully saturated rings. The van der Waals surface area contributed by atoms with E-state index in [2.05, 4.69) is 13.8 Å². The van der Waals surface area contributed by atoms with E-state index in [9.17, 15) is 0 Å². The van der Waals surface area contributed by atoms with E-state index in [1.54, 1.807) is 18.2 Å². The molecule has 0 aromatic heterocycles. The molecule has 1 rings (SSSR count). The smallest absolute Gasteiger partial charge is 0.144 e. The molecule has 3 nitrogen and oxygen atoms in total. The van der Waals surface area contributed by atoms with Crippen LogP contribution in [0.5, 0.6) is 5.75 Å². The highest BCUT2D eigenvalue weighted by atomic mass is 16.5. The van der Waals surface area contributed by atoms with Gasteiger partial charge in [-0.25, -0.2) is 0 Å². The number of ether oxygens (including phenoxy) is 1. The summed E-state index contributed by atoms with van der Waals surface area (Å²) in [6.07, 6.45) is 3.47. The monoisotopic (exact) mass is 222 g/mol. The Labute approximate surface area is 97.8 Å². The Morgan fingerprint density at radius 3 is 2.50 bits per heavy atom. The van der Waals surface area contributed by atoms with Crippen LogP contribution in [0.15, 0.2) is 18.2 Å². The van der Waals surface area contributed by atoms with Gasteiger partial charge in [-0.05, 0) is 24.5 Å². The van der Waals surface area contributed by atoms with Gasteiger partial charge in [0.1, 0.15) is 5.75 Å². The lowest BCUT2D eigenvalue weighted by Crippen LogP contribution is -2.06. The molecule has 0 bridgehead atoms. The van der Waals surface area contributed by atoms with Gasteiger partial charge in [-0.3, -0.25) is 0 Å². The van der Waals surface area contributed by atoms with Crippen LogP contribution >= 0.6 is 0 Å². The molecule has 1 aromatic rings. The molecule has 0 aliphatic heterocycles. The highest BCUT2D eigenvalue weighted by Gasteiger charge is 2.05. The molecule has 0 heterocycles. The first-order valence-electron chi connectivity index (χ1n) is 5.95. The van der Waals surface area contributed by atoms with Crippen molar-refractivity contribution >= 4 is 11.4 Å². The number of benzene rings is 1. The lowest BCUT2D eigenvalue weighted by molar-refractivity contribution is 0.273. The van der Waals surface area contributed by atoms with Crippen molar-refractivity contribution in [1.82, 2.24) is 0 Å². The first kappa shape index (κ1) is 12.7. The molecule has 0 saturated heterocycles. The second-order valence-electron chi connectivity index (χ2n) is 4.12. The molecule has 4 N–H and O–H groups in total. The van der Waals surface area contributed by atoms with Crippen molar-refractivity contribution in [2.24, 2.45) is 5.92 Å². The van der Waals surface area contributed by atoms with Crippen LogP contribution in [0.1, 0.15) is 33.1 Å². The van der Waals surface area contributed by atoms with Crippen LogP contribution in [-0.2, 0) is 0 Å². The van der Waals surface area contributed by atoms with Crippen LogP contribution in [0.3, 0.4) is 0 Å². The van der Waals surface area contributed by atoms with Gasteiger partial charge in [0.25, 0.3) is 0 Å². The number of nitrogens with two attached hydrogens (primary N) is 2. The minimum absolute atomic E-state index is 0.652. The zero-order valence-corrected chi connectivity index (χ0v) is 10.2. The fourth-order valence-electron chi connectivity index (χ4n) is 1.71. The summed E-state index contributed by atoms with van der Waals surface area (Å²) in [5.41, 5.74) is 12.8. The molecular formula is C13H22N2O. The highest BCUT2D eigenvalue weighted by molar-refractivity contribution is 5.59. The number of anilines is 2. The number of hydrogen-bond donors (Lipinski definition) is 2. The summed E-state index contributed by atoms with van der Waals surface area (Å²) in [5, 5.41) is 0. The van der Waals surface area contributed by atoms with E-state index in [1.807, 2.05) is 0 Å². The lowest BCUT2D eigenvalue weighted by atomic mass is 10.0. The Balaban J connectivity index is 2.45. The second kappa shape index (κ2) is 6.26. The summed E-state index contributed by atoms with van der Waals surface area (Å²) < 4.78 is 5.65. The molecule has 0 aliphatic rings. The summed E-state index contributed by atoms with van der Waals surface area (Å²) in [7, 11) is 0. The van der Waals surface area contributed by atoms with E-state index in [1.165, 1.54) is 12.8 Å². The Morgan fingerprint density at radius 1 is 1.19 bits per heavy atom. The summed E-state index contributed by atoms with van der Waals surface area (Å²) in [6, 6.07) is 5.34. The van der Waals surface area contributed by atoms with Gasteiger partial charge in [0.2, 0.25) is 0 Å². The Kier molecular flexibility index (Phi) is 4.96. The van der Waals surface area contributed by atoms with Crippen molar-refractivity contribution < 1.29 is 4.74 Å². The van der Waals surface area contributed by atoms with Crippen LogP contribution in [0, 0.1) is 5.92 Å². The Morgan fingerprint density at radius 2 is 1.88 bits per heavy atom. The van der Waals surface area contributed by atoms with Crippen LogP contribution in [0.25, 0.3) is 0 Å². The lowest BCUT2D eigenvalue weighted by Gasteiger charge is -2.14. The largest absolute Gasteiger partial charge is 0.491 e. The van der Waals surface area contributed by atoms with Gasteiger partial charge in [0.15, 0.2) is 0 Å². The summed E-state index contributed by atoms with van der Waals surface area (Å²) in [4.78, 5) is 0. The van der Waals surface area contributed by atoms with E-state index in [4.69, 9.17) is 16.2 Å². The molecule has 3 heteroatoms. The predicted molar refractivity (Wildman–Crippen MR) is 69.5 cm³/mol. The van der Waals surface area contributed by atoms with Gasteiger partial charge in [0, 0.05) is 11.8 Å². The second-order valence-corrected chi connectivity index (χ2v) is 4.12. The third-order valence-electron chi connectivity index (χ3n) is 2.98. The topological polar surface area (TPSA) is 61.3 Å². The van der Waals surface area contributed by atoms with Gasteiger partial charge in [-0.15, -0.1) is 0 Å². The molecule has 0 unspecified atom stereocenters. The fourth-order valence-corrected chi connectivity index (χ4v) is 1.71. The van der Waals surface area contributed by atoms with Gasteiger partial charge < -0.3 is 16.2 Å². The summed E-state index contributed by atoms with van der Waals surface area (Å²) in [5.74, 6) is 1.44. The van der Waals surface area contributed by atoms with Gasteiger partial charge in [-0.2, -0.15) is 0 Å². The molecule has 90 valence electrons. The number of nitrogen functional groups attached to an aromatic ring is 2. The van der Waals surface area contributed by atoms with Crippen LogP contribution in [0.4, 0.5) is 11.4 Å². The van der Waals surface area contributed by atoms with Gasteiger partial charge in [0.05, 0.1) is 12.3 Å². The van der Waals surface area contributed by atoms with E-state index in [-0.39, 0.29) is 0 Å². The van der Waals surface area contributed by atoms with Crippen molar-refractivity contribution in [1.29, 1.82) is 0 Å². The maximum absolute atomic E-state index is 5.79. The average molecular weight is 222 g/mol. The van der Waals surface area contributed by atoms with Gasteiger partial charge in [-0.1, -0.05) is 26.7 Å². The quantitative estimate of drug-likeness (QED) is 0.727. The normalized spacial score (nSPS) is 10.7. The minimum atomic E-state index is 0.652. The van der Waals surface area contributed by atoms with Crippen molar-refractivity contribution in [3.63, 3.8) is 0 Å². The molecule has 0 atom stereocenters. The SMILES string of the molecule is CCC(CC)CCOc1cc(N)ccc1N. The first-order valence-corrected chi connectivity index (χ1v) is 5.95. The first-order chi connectivity index (χ1) is 7.67. The third kappa shape index (κ3) is 3.65. The zero-order chi connectivity index (χ0) is 12.0. The van der Waals surface area contributed by atoms with Crippen molar-refractivity contribution in [2.75, 3.05) is 18.1 Å². The van der Waals surface area contributed by atoms with Crippen LogP contribution in [-0.4, -0.2) is 6.61 Å².